The Balaban J connectivity index is 1.59. The molecule has 0 radical (unpaired) electrons. The van der Waals surface area contributed by atoms with E-state index in [1.165, 1.54) is 7.11 Å². The van der Waals surface area contributed by atoms with E-state index in [0.717, 1.165) is 16.8 Å². The van der Waals surface area contributed by atoms with Crippen molar-refractivity contribution in [2.45, 2.75) is 46.5 Å². The molecule has 0 saturated heterocycles. The average molecular weight is 502 g/mol. The number of ether oxygens (including phenoxy) is 3. The minimum absolute atomic E-state index is 0.000781. The van der Waals surface area contributed by atoms with E-state index < -0.39 is 5.92 Å². The topological polar surface area (TPSA) is 124 Å². The lowest BCUT2D eigenvalue weighted by Gasteiger charge is -2.37. The number of rotatable bonds is 6. The van der Waals surface area contributed by atoms with Crippen molar-refractivity contribution in [2.75, 3.05) is 19.0 Å². The SMILES string of the molecule is COc1cc([C@H]2C(C#N)=C(N)OC3=C2C(=O)CC(C)(C)C3)ccc1OCC(=O)Nc1cc(C)ccc1C. The van der Waals surface area contributed by atoms with Crippen molar-refractivity contribution in [3.8, 4) is 17.6 Å². The number of hydrogen-bond acceptors (Lipinski definition) is 7. The highest BCUT2D eigenvalue weighted by atomic mass is 16.5. The highest BCUT2D eigenvalue weighted by Gasteiger charge is 2.43. The summed E-state index contributed by atoms with van der Waals surface area (Å²) in [6, 6.07) is 13.1. The first-order valence-electron chi connectivity index (χ1n) is 12.0. The van der Waals surface area contributed by atoms with Gasteiger partial charge >= 0.3 is 0 Å². The van der Waals surface area contributed by atoms with E-state index in [4.69, 9.17) is 19.9 Å². The molecule has 0 saturated carbocycles. The predicted octanol–water partition coefficient (Wildman–Crippen LogP) is 4.78. The second kappa shape index (κ2) is 10.0. The number of Topliss-reactive ketones (excluding diaryl/α,β-unsaturated/α-hetero) is 1. The van der Waals surface area contributed by atoms with Crippen LogP contribution in [0.3, 0.4) is 0 Å². The molecule has 2 aliphatic rings. The number of aryl methyl sites for hydroxylation is 2. The summed E-state index contributed by atoms with van der Waals surface area (Å²) in [4.78, 5) is 25.7. The van der Waals surface area contributed by atoms with Gasteiger partial charge in [0.25, 0.3) is 5.91 Å². The summed E-state index contributed by atoms with van der Waals surface area (Å²) in [5.41, 5.74) is 9.84. The van der Waals surface area contributed by atoms with Gasteiger partial charge in [-0.25, -0.2) is 0 Å². The lowest BCUT2D eigenvalue weighted by molar-refractivity contribution is -0.119. The Hall–Kier alpha value is -4.25. The fourth-order valence-electron chi connectivity index (χ4n) is 4.80. The number of carbonyl (C=O) groups is 2. The van der Waals surface area contributed by atoms with E-state index in [-0.39, 0.29) is 35.2 Å². The molecule has 0 unspecified atom stereocenters. The van der Waals surface area contributed by atoms with Crippen LogP contribution in [0.4, 0.5) is 5.69 Å². The molecule has 0 bridgehead atoms. The quantitative estimate of drug-likeness (QED) is 0.584. The van der Waals surface area contributed by atoms with Gasteiger partial charge in [0.15, 0.2) is 23.9 Å². The van der Waals surface area contributed by atoms with E-state index >= 15 is 0 Å². The summed E-state index contributed by atoms with van der Waals surface area (Å²) >= 11 is 0. The number of nitrogens with zero attached hydrogens (tertiary/aromatic N) is 1. The molecule has 2 aromatic rings. The van der Waals surface area contributed by atoms with Crippen LogP contribution in [0.1, 0.15) is 49.3 Å². The minimum Gasteiger partial charge on any atom is -0.493 e. The number of nitriles is 1. The molecule has 8 nitrogen and oxygen atoms in total. The van der Waals surface area contributed by atoms with Crippen LogP contribution < -0.4 is 20.5 Å². The van der Waals surface area contributed by atoms with Crippen molar-refractivity contribution >= 4 is 17.4 Å². The van der Waals surface area contributed by atoms with Crippen molar-refractivity contribution in [3.63, 3.8) is 0 Å². The second-order valence-corrected chi connectivity index (χ2v) is 10.3. The van der Waals surface area contributed by atoms with Crippen LogP contribution in [0, 0.1) is 30.6 Å². The van der Waals surface area contributed by atoms with Crippen LogP contribution in [0.15, 0.2) is 59.2 Å². The van der Waals surface area contributed by atoms with Crippen LogP contribution in [0.25, 0.3) is 0 Å². The molecule has 1 atom stereocenters. The van der Waals surface area contributed by atoms with Gasteiger partial charge in [0.1, 0.15) is 17.4 Å². The van der Waals surface area contributed by atoms with Gasteiger partial charge in [0.2, 0.25) is 5.88 Å². The number of anilines is 1. The zero-order chi connectivity index (χ0) is 26.9. The van der Waals surface area contributed by atoms with Crippen LogP contribution in [-0.4, -0.2) is 25.4 Å². The number of allylic oxidation sites excluding steroid dienone is 3. The van der Waals surface area contributed by atoms with Crippen molar-refractivity contribution in [1.82, 2.24) is 0 Å². The molecule has 0 fully saturated rings. The third-order valence-electron chi connectivity index (χ3n) is 6.62. The molecule has 1 amide bonds. The number of ketones is 1. The molecule has 0 aromatic heterocycles. The van der Waals surface area contributed by atoms with Crippen molar-refractivity contribution in [1.29, 1.82) is 5.26 Å². The fourth-order valence-corrected chi connectivity index (χ4v) is 4.80. The number of nitrogens with one attached hydrogen (secondary N) is 1. The summed E-state index contributed by atoms with van der Waals surface area (Å²) in [5.74, 6) is 0.174. The number of benzene rings is 2. The summed E-state index contributed by atoms with van der Waals surface area (Å²) in [6.45, 7) is 7.65. The van der Waals surface area contributed by atoms with Crippen LogP contribution in [0.2, 0.25) is 0 Å². The number of carbonyl (C=O) groups excluding carboxylic acids is 2. The monoisotopic (exact) mass is 501 g/mol. The van der Waals surface area contributed by atoms with E-state index in [9.17, 15) is 14.9 Å². The molecule has 4 rings (SSSR count). The van der Waals surface area contributed by atoms with Crippen molar-refractivity contribution in [2.24, 2.45) is 11.1 Å². The summed E-state index contributed by atoms with van der Waals surface area (Å²) < 4.78 is 17.1. The highest BCUT2D eigenvalue weighted by Crippen LogP contribution is 2.48. The average Bonchev–Trinajstić information content (AvgIpc) is 2.83. The molecule has 0 spiro atoms. The third-order valence-corrected chi connectivity index (χ3v) is 6.62. The van der Waals surface area contributed by atoms with E-state index in [2.05, 4.69) is 11.4 Å². The van der Waals surface area contributed by atoms with Gasteiger partial charge < -0.3 is 25.3 Å². The first kappa shape index (κ1) is 25.8. The van der Waals surface area contributed by atoms with Crippen LogP contribution in [0.5, 0.6) is 11.5 Å². The van der Waals surface area contributed by atoms with Gasteiger partial charge in [-0.3, -0.25) is 9.59 Å². The fraction of sp³-hybridized carbons (Fsp3) is 0.345. The molecule has 8 heteroatoms. The van der Waals surface area contributed by atoms with Gasteiger partial charge in [-0.05, 0) is 54.2 Å². The first-order chi connectivity index (χ1) is 17.5. The zero-order valence-electron chi connectivity index (χ0n) is 21.7. The Morgan fingerprint density at radius 2 is 1.95 bits per heavy atom. The number of methoxy groups -OCH3 is 1. The zero-order valence-corrected chi connectivity index (χ0v) is 21.7. The van der Waals surface area contributed by atoms with Crippen molar-refractivity contribution < 1.29 is 23.8 Å². The Bertz CT molecular complexity index is 1380. The lowest BCUT2D eigenvalue weighted by Crippen LogP contribution is -2.33. The Morgan fingerprint density at radius 1 is 1.19 bits per heavy atom. The van der Waals surface area contributed by atoms with Gasteiger partial charge in [-0.2, -0.15) is 5.26 Å². The first-order valence-corrected chi connectivity index (χ1v) is 12.0. The summed E-state index contributed by atoms with van der Waals surface area (Å²) in [5, 5.41) is 12.7. The molecular formula is C29H31N3O5. The molecule has 2 aromatic carbocycles. The summed E-state index contributed by atoms with van der Waals surface area (Å²) in [7, 11) is 1.49. The maximum atomic E-state index is 13.2. The predicted molar refractivity (Wildman–Crippen MR) is 139 cm³/mol. The Kier molecular flexibility index (Phi) is 6.99. The highest BCUT2D eigenvalue weighted by molar-refractivity contribution is 6.00. The molecule has 1 aliphatic heterocycles. The van der Waals surface area contributed by atoms with Crippen LogP contribution in [-0.2, 0) is 14.3 Å². The van der Waals surface area contributed by atoms with Crippen molar-refractivity contribution in [3.05, 3.63) is 75.9 Å². The molecular weight excluding hydrogens is 470 g/mol. The standard InChI is InChI=1S/C29H31N3O5/c1-16-6-7-17(2)20(10-16)32-25(34)15-36-22-9-8-18(11-23(22)35-5)26-19(14-30)28(31)37-24-13-29(3,4)12-21(33)27(24)26/h6-11,26H,12-13,15,31H2,1-5H3,(H,32,34)/t26-/m0/s1. The minimum atomic E-state index is -0.673. The number of amides is 1. The maximum absolute atomic E-state index is 13.2. The molecule has 1 heterocycles. The smallest absolute Gasteiger partial charge is 0.262 e. The second-order valence-electron chi connectivity index (χ2n) is 10.3. The van der Waals surface area contributed by atoms with E-state index in [1.54, 1.807) is 18.2 Å². The largest absolute Gasteiger partial charge is 0.493 e. The van der Waals surface area contributed by atoms with Gasteiger partial charge in [-0.1, -0.05) is 32.0 Å². The van der Waals surface area contributed by atoms with Gasteiger partial charge in [0, 0.05) is 24.1 Å². The van der Waals surface area contributed by atoms with E-state index in [0.29, 0.717) is 41.2 Å². The lowest BCUT2D eigenvalue weighted by atomic mass is 9.70. The van der Waals surface area contributed by atoms with Crippen LogP contribution >= 0.6 is 0 Å². The molecule has 1 aliphatic carbocycles. The normalized spacial score (nSPS) is 18.5. The maximum Gasteiger partial charge on any atom is 0.262 e. The van der Waals surface area contributed by atoms with Gasteiger partial charge in [0.05, 0.1) is 13.0 Å². The van der Waals surface area contributed by atoms with E-state index in [1.807, 2.05) is 45.9 Å². The third kappa shape index (κ3) is 5.31. The Morgan fingerprint density at radius 3 is 2.65 bits per heavy atom. The molecule has 192 valence electrons. The van der Waals surface area contributed by atoms with Gasteiger partial charge in [-0.15, -0.1) is 0 Å². The molecule has 37 heavy (non-hydrogen) atoms. The summed E-state index contributed by atoms with van der Waals surface area (Å²) in [6.07, 6.45) is 0.885. The Labute approximate surface area is 216 Å². The number of nitrogens with two attached hydrogens (primary N) is 1. The molecule has 3 N–H and O–H groups in total. The number of hydrogen-bond donors (Lipinski definition) is 2.